The number of nitrogens with zero attached hydrogens (tertiary/aromatic N) is 2. The van der Waals surface area contributed by atoms with Crippen molar-refractivity contribution < 1.29 is 9.53 Å². The van der Waals surface area contributed by atoms with Crippen LogP contribution in [-0.4, -0.2) is 40.6 Å². The van der Waals surface area contributed by atoms with Crippen LogP contribution in [0.4, 0.5) is 0 Å². The number of aromatic nitrogens is 1. The van der Waals surface area contributed by atoms with Crippen LogP contribution in [0.2, 0.25) is 0 Å². The number of hydrogen-bond donors (Lipinski definition) is 0. The molecule has 1 aliphatic heterocycles. The van der Waals surface area contributed by atoms with Crippen LogP contribution in [0.15, 0.2) is 22.9 Å². The Kier molecular flexibility index (Phi) is 3.73. The highest BCUT2D eigenvalue weighted by Gasteiger charge is 2.34. The second-order valence-electron chi connectivity index (χ2n) is 5.27. The summed E-state index contributed by atoms with van der Waals surface area (Å²) in [5.41, 5.74) is 0.307. The lowest BCUT2D eigenvalue weighted by Gasteiger charge is -2.41. The fraction of sp³-hybridized carbons (Fsp3) is 0.538. The number of carbonyl (C=O) groups excluding carboxylic acids is 1. The molecule has 1 aromatic heterocycles. The van der Waals surface area contributed by atoms with Gasteiger partial charge in [0.2, 0.25) is 0 Å². The molecule has 1 aromatic rings. The van der Waals surface area contributed by atoms with E-state index in [0.717, 1.165) is 4.47 Å². The summed E-state index contributed by atoms with van der Waals surface area (Å²) >= 11 is 3.33. The van der Waals surface area contributed by atoms with Gasteiger partial charge in [-0.2, -0.15) is 0 Å². The summed E-state index contributed by atoms with van der Waals surface area (Å²) in [5, 5.41) is 0. The largest absolute Gasteiger partial charge is 0.369 e. The first-order valence-electron chi connectivity index (χ1n) is 5.95. The molecule has 0 spiro atoms. The molecule has 0 radical (unpaired) electrons. The van der Waals surface area contributed by atoms with E-state index in [4.69, 9.17) is 4.74 Å². The Labute approximate surface area is 115 Å². The minimum atomic E-state index is -0.299. The summed E-state index contributed by atoms with van der Waals surface area (Å²) in [5.74, 6) is 0.00650. The normalized spacial score (nSPS) is 22.9. The second-order valence-corrected chi connectivity index (χ2v) is 6.18. The maximum atomic E-state index is 12.4. The molecule has 1 amide bonds. The van der Waals surface area contributed by atoms with Gasteiger partial charge in [-0.25, -0.2) is 0 Å². The Morgan fingerprint density at radius 1 is 1.56 bits per heavy atom. The van der Waals surface area contributed by atoms with Gasteiger partial charge in [0.05, 0.1) is 17.3 Å². The number of rotatable bonds is 1. The lowest BCUT2D eigenvalue weighted by Crippen LogP contribution is -2.53. The molecule has 1 unspecified atom stereocenters. The fourth-order valence-electron chi connectivity index (χ4n) is 2.32. The van der Waals surface area contributed by atoms with Crippen molar-refractivity contribution >= 4 is 21.8 Å². The average molecular weight is 313 g/mol. The van der Waals surface area contributed by atoms with Crippen molar-refractivity contribution in [2.75, 3.05) is 13.1 Å². The Morgan fingerprint density at radius 2 is 2.28 bits per heavy atom. The van der Waals surface area contributed by atoms with E-state index in [1.807, 2.05) is 25.7 Å². The first-order chi connectivity index (χ1) is 8.37. The predicted octanol–water partition coefficient (Wildman–Crippen LogP) is 2.48. The van der Waals surface area contributed by atoms with Crippen molar-refractivity contribution in [2.45, 2.75) is 32.5 Å². The highest BCUT2D eigenvalue weighted by molar-refractivity contribution is 9.10. The molecular weight excluding hydrogens is 296 g/mol. The minimum absolute atomic E-state index is 0.00650. The zero-order valence-corrected chi connectivity index (χ0v) is 12.4. The molecule has 0 aliphatic carbocycles. The van der Waals surface area contributed by atoms with Crippen LogP contribution >= 0.6 is 15.9 Å². The molecule has 18 heavy (non-hydrogen) atoms. The number of amides is 1. The molecule has 4 nitrogen and oxygen atoms in total. The fourth-order valence-corrected chi connectivity index (χ4v) is 2.68. The minimum Gasteiger partial charge on any atom is -0.369 e. The summed E-state index contributed by atoms with van der Waals surface area (Å²) in [6, 6.07) is 1.79. The zero-order chi connectivity index (χ0) is 13.3. The van der Waals surface area contributed by atoms with Crippen LogP contribution in [0.1, 0.15) is 31.1 Å². The lowest BCUT2D eigenvalue weighted by molar-refractivity contribution is -0.118. The van der Waals surface area contributed by atoms with Gasteiger partial charge < -0.3 is 9.64 Å². The molecule has 1 saturated heterocycles. The molecule has 0 N–H and O–H groups in total. The van der Waals surface area contributed by atoms with Gasteiger partial charge >= 0.3 is 0 Å². The third-order valence-corrected chi connectivity index (χ3v) is 3.24. The third-order valence-electron chi connectivity index (χ3n) is 2.81. The Hall–Kier alpha value is -0.940. The van der Waals surface area contributed by atoms with Crippen LogP contribution in [0, 0.1) is 0 Å². The topological polar surface area (TPSA) is 42.4 Å². The average Bonchev–Trinajstić information content (AvgIpc) is 2.25. The van der Waals surface area contributed by atoms with Crippen molar-refractivity contribution in [1.29, 1.82) is 0 Å². The van der Waals surface area contributed by atoms with Crippen LogP contribution in [0.5, 0.6) is 0 Å². The van der Waals surface area contributed by atoms with Gasteiger partial charge in [0, 0.05) is 30.0 Å². The highest BCUT2D eigenvalue weighted by atomic mass is 79.9. The van der Waals surface area contributed by atoms with E-state index in [2.05, 4.69) is 20.9 Å². The Bertz CT molecular complexity index is 462. The van der Waals surface area contributed by atoms with E-state index in [1.54, 1.807) is 18.5 Å². The second kappa shape index (κ2) is 4.97. The van der Waals surface area contributed by atoms with E-state index in [-0.39, 0.29) is 17.6 Å². The molecule has 1 aliphatic rings. The number of carbonyl (C=O) groups is 1. The summed E-state index contributed by atoms with van der Waals surface area (Å²) in [4.78, 5) is 18.3. The number of halogens is 1. The highest BCUT2D eigenvalue weighted by Crippen LogP contribution is 2.22. The SMILES string of the molecule is CC1CN(C(=O)c2cncc(Br)c2)CC(C)(C)O1. The van der Waals surface area contributed by atoms with Crippen LogP contribution in [0.3, 0.4) is 0 Å². The summed E-state index contributed by atoms with van der Waals surface area (Å²) in [6.45, 7) is 7.21. The van der Waals surface area contributed by atoms with Gasteiger partial charge in [-0.15, -0.1) is 0 Å². The Balaban J connectivity index is 2.18. The van der Waals surface area contributed by atoms with Gasteiger partial charge in [0.25, 0.3) is 5.91 Å². The maximum Gasteiger partial charge on any atom is 0.255 e. The van der Waals surface area contributed by atoms with Gasteiger partial charge in [0.15, 0.2) is 0 Å². The number of pyridine rings is 1. The summed E-state index contributed by atoms with van der Waals surface area (Å²) in [7, 11) is 0. The molecule has 5 heteroatoms. The van der Waals surface area contributed by atoms with Crippen LogP contribution in [0.25, 0.3) is 0 Å². The summed E-state index contributed by atoms with van der Waals surface area (Å²) in [6.07, 6.45) is 3.32. The van der Waals surface area contributed by atoms with E-state index >= 15 is 0 Å². The molecule has 0 aromatic carbocycles. The molecule has 1 fully saturated rings. The van der Waals surface area contributed by atoms with Crippen molar-refractivity contribution in [3.63, 3.8) is 0 Å². The van der Waals surface area contributed by atoms with E-state index in [0.29, 0.717) is 18.7 Å². The number of morpholine rings is 1. The Morgan fingerprint density at radius 3 is 2.89 bits per heavy atom. The van der Waals surface area contributed by atoms with Crippen molar-refractivity contribution in [1.82, 2.24) is 9.88 Å². The van der Waals surface area contributed by atoms with Gasteiger partial charge in [-0.1, -0.05) is 0 Å². The first-order valence-corrected chi connectivity index (χ1v) is 6.74. The third kappa shape index (κ3) is 3.09. The number of hydrogen-bond acceptors (Lipinski definition) is 3. The van der Waals surface area contributed by atoms with Gasteiger partial charge in [0.1, 0.15) is 0 Å². The molecule has 2 rings (SSSR count). The molecular formula is C13H17BrN2O2. The van der Waals surface area contributed by atoms with E-state index in [1.165, 1.54) is 0 Å². The van der Waals surface area contributed by atoms with Gasteiger partial charge in [-0.05, 0) is 42.8 Å². The van der Waals surface area contributed by atoms with E-state index in [9.17, 15) is 4.79 Å². The maximum absolute atomic E-state index is 12.4. The lowest BCUT2D eigenvalue weighted by atomic mass is 10.0. The van der Waals surface area contributed by atoms with Gasteiger partial charge in [-0.3, -0.25) is 9.78 Å². The standard InChI is InChI=1S/C13H17BrN2O2/c1-9-7-16(8-13(2,3)18-9)12(17)10-4-11(14)6-15-5-10/h4-6,9H,7-8H2,1-3H3. The van der Waals surface area contributed by atoms with Crippen molar-refractivity contribution in [3.8, 4) is 0 Å². The molecule has 2 heterocycles. The quantitative estimate of drug-likeness (QED) is 0.800. The zero-order valence-electron chi connectivity index (χ0n) is 10.8. The number of ether oxygens (including phenoxy) is 1. The van der Waals surface area contributed by atoms with Crippen LogP contribution < -0.4 is 0 Å². The smallest absolute Gasteiger partial charge is 0.255 e. The first kappa shape index (κ1) is 13.5. The molecule has 98 valence electrons. The summed E-state index contributed by atoms with van der Waals surface area (Å²) < 4.78 is 6.61. The van der Waals surface area contributed by atoms with Crippen molar-refractivity contribution in [2.24, 2.45) is 0 Å². The molecule has 0 bridgehead atoms. The van der Waals surface area contributed by atoms with Crippen LogP contribution in [-0.2, 0) is 4.74 Å². The molecule has 1 atom stereocenters. The predicted molar refractivity (Wildman–Crippen MR) is 72.5 cm³/mol. The van der Waals surface area contributed by atoms with E-state index < -0.39 is 0 Å². The van der Waals surface area contributed by atoms with Crippen molar-refractivity contribution in [3.05, 3.63) is 28.5 Å². The monoisotopic (exact) mass is 312 g/mol. The molecule has 0 saturated carbocycles.